The normalized spacial score (nSPS) is 16.9. The van der Waals surface area contributed by atoms with E-state index < -0.39 is 0 Å². The van der Waals surface area contributed by atoms with Gasteiger partial charge in [0, 0.05) is 4.47 Å². The molecule has 1 aliphatic rings. The lowest BCUT2D eigenvalue weighted by atomic mass is 9.92. The summed E-state index contributed by atoms with van der Waals surface area (Å²) in [5, 5.41) is 3.57. The molecule has 1 aliphatic heterocycles. The number of hydrogen-bond donors (Lipinski definition) is 1. The largest absolute Gasteiger partial charge is 0.501 e. The molecule has 1 aromatic carbocycles. The standard InChI is InChI=1S/C15H20BrNO/c1-3-17-15(12-5-4-8-18-10-12)14-9-13(16)7-6-11(14)2/h6-7,9-10,15,17H,3-5,8H2,1-2H3. The Morgan fingerprint density at radius 3 is 2.94 bits per heavy atom. The summed E-state index contributed by atoms with van der Waals surface area (Å²) in [6.07, 6.45) is 4.17. The van der Waals surface area contributed by atoms with Crippen molar-refractivity contribution in [2.45, 2.75) is 32.7 Å². The van der Waals surface area contributed by atoms with Crippen molar-refractivity contribution in [3.05, 3.63) is 45.6 Å². The van der Waals surface area contributed by atoms with Crippen LogP contribution in [0.5, 0.6) is 0 Å². The van der Waals surface area contributed by atoms with Crippen molar-refractivity contribution >= 4 is 15.9 Å². The van der Waals surface area contributed by atoms with Crippen molar-refractivity contribution in [1.82, 2.24) is 5.32 Å². The Labute approximate surface area is 118 Å². The first-order valence-electron chi connectivity index (χ1n) is 6.52. The van der Waals surface area contributed by atoms with Gasteiger partial charge >= 0.3 is 0 Å². The zero-order chi connectivity index (χ0) is 13.0. The van der Waals surface area contributed by atoms with Gasteiger partial charge in [-0.3, -0.25) is 0 Å². The maximum Gasteiger partial charge on any atom is 0.0876 e. The van der Waals surface area contributed by atoms with Gasteiger partial charge in [-0.15, -0.1) is 0 Å². The van der Waals surface area contributed by atoms with Crippen LogP contribution in [0.25, 0.3) is 0 Å². The molecule has 1 heterocycles. The summed E-state index contributed by atoms with van der Waals surface area (Å²) >= 11 is 3.56. The molecule has 0 fully saturated rings. The van der Waals surface area contributed by atoms with Gasteiger partial charge in [-0.05, 0) is 55.1 Å². The first-order chi connectivity index (χ1) is 8.72. The van der Waals surface area contributed by atoms with Gasteiger partial charge < -0.3 is 10.1 Å². The van der Waals surface area contributed by atoms with Crippen LogP contribution in [0.3, 0.4) is 0 Å². The zero-order valence-electron chi connectivity index (χ0n) is 11.0. The maximum absolute atomic E-state index is 5.49. The summed E-state index contributed by atoms with van der Waals surface area (Å²) in [4.78, 5) is 0. The third-order valence-electron chi connectivity index (χ3n) is 3.29. The summed E-state index contributed by atoms with van der Waals surface area (Å²) in [5.74, 6) is 0. The fourth-order valence-corrected chi connectivity index (χ4v) is 2.74. The average molecular weight is 310 g/mol. The molecule has 0 spiro atoms. The predicted molar refractivity (Wildman–Crippen MR) is 78.6 cm³/mol. The molecule has 3 heteroatoms. The van der Waals surface area contributed by atoms with Crippen LogP contribution in [0.2, 0.25) is 0 Å². The number of halogens is 1. The first kappa shape index (κ1) is 13.6. The fraction of sp³-hybridized carbons (Fsp3) is 0.467. The number of nitrogens with one attached hydrogen (secondary N) is 1. The van der Waals surface area contributed by atoms with Gasteiger partial charge in [0.15, 0.2) is 0 Å². The molecule has 1 unspecified atom stereocenters. The lowest BCUT2D eigenvalue weighted by molar-refractivity contribution is 0.219. The van der Waals surface area contributed by atoms with E-state index in [-0.39, 0.29) is 6.04 Å². The van der Waals surface area contributed by atoms with Crippen LogP contribution in [0.15, 0.2) is 34.5 Å². The Hall–Kier alpha value is -0.800. The lowest BCUT2D eigenvalue weighted by Crippen LogP contribution is -2.25. The molecule has 0 aliphatic carbocycles. The van der Waals surface area contributed by atoms with Gasteiger partial charge in [-0.2, -0.15) is 0 Å². The van der Waals surface area contributed by atoms with Crippen molar-refractivity contribution in [2.24, 2.45) is 0 Å². The Bertz CT molecular complexity index is 442. The van der Waals surface area contributed by atoms with Crippen molar-refractivity contribution in [1.29, 1.82) is 0 Å². The van der Waals surface area contributed by atoms with Crippen LogP contribution < -0.4 is 5.32 Å². The van der Waals surface area contributed by atoms with Gasteiger partial charge in [-0.1, -0.05) is 28.9 Å². The second kappa shape index (κ2) is 6.39. The van der Waals surface area contributed by atoms with E-state index in [2.05, 4.69) is 53.3 Å². The Morgan fingerprint density at radius 2 is 2.28 bits per heavy atom. The van der Waals surface area contributed by atoms with Crippen LogP contribution in [0.1, 0.15) is 36.9 Å². The first-order valence-corrected chi connectivity index (χ1v) is 7.31. The molecular weight excluding hydrogens is 290 g/mol. The summed E-state index contributed by atoms with van der Waals surface area (Å²) < 4.78 is 6.62. The van der Waals surface area contributed by atoms with E-state index in [1.807, 2.05) is 6.26 Å². The highest BCUT2D eigenvalue weighted by Gasteiger charge is 2.19. The van der Waals surface area contributed by atoms with Crippen molar-refractivity contribution in [2.75, 3.05) is 13.2 Å². The third kappa shape index (κ3) is 3.15. The molecule has 0 amide bonds. The average Bonchev–Trinajstić information content (AvgIpc) is 2.40. The molecule has 2 nitrogen and oxygen atoms in total. The quantitative estimate of drug-likeness (QED) is 0.904. The number of aryl methyl sites for hydroxylation is 1. The van der Waals surface area contributed by atoms with Crippen molar-refractivity contribution in [3.63, 3.8) is 0 Å². The van der Waals surface area contributed by atoms with Crippen molar-refractivity contribution in [3.8, 4) is 0 Å². The van der Waals surface area contributed by atoms with E-state index in [0.29, 0.717) is 0 Å². The fourth-order valence-electron chi connectivity index (χ4n) is 2.36. The highest BCUT2D eigenvalue weighted by atomic mass is 79.9. The summed E-state index contributed by atoms with van der Waals surface area (Å²) in [5.41, 5.74) is 4.00. The Morgan fingerprint density at radius 1 is 1.44 bits per heavy atom. The number of benzene rings is 1. The van der Waals surface area contributed by atoms with Gasteiger partial charge in [0.05, 0.1) is 18.9 Å². The van der Waals surface area contributed by atoms with E-state index in [4.69, 9.17) is 4.74 Å². The highest BCUT2D eigenvalue weighted by Crippen LogP contribution is 2.31. The number of ether oxygens (including phenoxy) is 1. The monoisotopic (exact) mass is 309 g/mol. The minimum Gasteiger partial charge on any atom is -0.501 e. The molecule has 1 N–H and O–H groups in total. The highest BCUT2D eigenvalue weighted by molar-refractivity contribution is 9.10. The van der Waals surface area contributed by atoms with E-state index >= 15 is 0 Å². The smallest absolute Gasteiger partial charge is 0.0876 e. The molecule has 1 atom stereocenters. The number of likely N-dealkylation sites (N-methyl/N-ethyl adjacent to an activating group) is 1. The van der Waals surface area contributed by atoms with Gasteiger partial charge in [0.1, 0.15) is 0 Å². The summed E-state index contributed by atoms with van der Waals surface area (Å²) in [6, 6.07) is 6.73. The SMILES string of the molecule is CCNC(C1=COCCC1)c1cc(Br)ccc1C. The Balaban J connectivity index is 2.34. The second-order valence-electron chi connectivity index (χ2n) is 4.66. The van der Waals surface area contributed by atoms with E-state index in [1.165, 1.54) is 16.7 Å². The molecule has 0 aromatic heterocycles. The molecule has 0 bridgehead atoms. The molecule has 0 saturated heterocycles. The number of rotatable bonds is 4. The van der Waals surface area contributed by atoms with Crippen LogP contribution in [-0.4, -0.2) is 13.2 Å². The van der Waals surface area contributed by atoms with Crippen LogP contribution in [0, 0.1) is 6.92 Å². The second-order valence-corrected chi connectivity index (χ2v) is 5.57. The molecule has 0 saturated carbocycles. The predicted octanol–water partition coefficient (Wildman–Crippen LogP) is 4.10. The van der Waals surface area contributed by atoms with E-state index in [1.54, 1.807) is 0 Å². The topological polar surface area (TPSA) is 21.3 Å². The molecule has 1 aromatic rings. The molecule has 18 heavy (non-hydrogen) atoms. The van der Waals surface area contributed by atoms with Gasteiger partial charge in [-0.25, -0.2) is 0 Å². The van der Waals surface area contributed by atoms with Crippen molar-refractivity contribution < 1.29 is 4.74 Å². The van der Waals surface area contributed by atoms with Gasteiger partial charge in [0.2, 0.25) is 0 Å². The van der Waals surface area contributed by atoms with Gasteiger partial charge in [0.25, 0.3) is 0 Å². The lowest BCUT2D eigenvalue weighted by Gasteiger charge is -2.26. The third-order valence-corrected chi connectivity index (χ3v) is 3.79. The molecule has 2 rings (SSSR count). The summed E-state index contributed by atoms with van der Waals surface area (Å²) in [7, 11) is 0. The maximum atomic E-state index is 5.49. The van der Waals surface area contributed by atoms with Crippen LogP contribution >= 0.6 is 15.9 Å². The molecular formula is C15H20BrNO. The molecule has 0 radical (unpaired) electrons. The van der Waals surface area contributed by atoms with Crippen LogP contribution in [0.4, 0.5) is 0 Å². The summed E-state index contributed by atoms with van der Waals surface area (Å²) in [6.45, 7) is 6.11. The Kier molecular flexibility index (Phi) is 4.84. The van der Waals surface area contributed by atoms with Crippen LogP contribution in [-0.2, 0) is 4.74 Å². The van der Waals surface area contributed by atoms with E-state index in [9.17, 15) is 0 Å². The minimum atomic E-state index is 0.271. The number of hydrogen-bond acceptors (Lipinski definition) is 2. The van der Waals surface area contributed by atoms with E-state index in [0.717, 1.165) is 30.5 Å². The zero-order valence-corrected chi connectivity index (χ0v) is 12.6. The molecule has 98 valence electrons. The minimum absolute atomic E-state index is 0.271.